The van der Waals surface area contributed by atoms with Gasteiger partial charge in [-0.2, -0.15) is 0 Å². The number of nitrogens with two attached hydrogens (primary N) is 1. The normalized spacial score (nSPS) is 17.7. The van der Waals surface area contributed by atoms with Crippen LogP contribution in [0.5, 0.6) is 11.5 Å². The highest BCUT2D eigenvalue weighted by Gasteiger charge is 2.20. The Hall–Kier alpha value is -0.970. The Morgan fingerprint density at radius 1 is 1.29 bits per heavy atom. The lowest BCUT2D eigenvalue weighted by atomic mass is 10.1. The SMILES string of the molecule is Cl.NC1Oc2ccc(CCO)cc2O1. The Balaban J connectivity index is 0.000000980. The van der Waals surface area contributed by atoms with E-state index in [9.17, 15) is 0 Å². The van der Waals surface area contributed by atoms with Crippen LogP contribution in [0.25, 0.3) is 0 Å². The third-order valence-electron chi connectivity index (χ3n) is 1.89. The maximum atomic E-state index is 8.72. The summed E-state index contributed by atoms with van der Waals surface area (Å²) in [4.78, 5) is 0. The van der Waals surface area contributed by atoms with Crippen LogP contribution in [0.1, 0.15) is 5.56 Å². The molecular formula is C9H12ClNO3. The zero-order valence-corrected chi connectivity index (χ0v) is 8.29. The molecule has 0 amide bonds. The van der Waals surface area contributed by atoms with Gasteiger partial charge in [0.2, 0.25) is 0 Å². The van der Waals surface area contributed by atoms with Crippen molar-refractivity contribution in [1.82, 2.24) is 0 Å². The molecule has 0 bridgehead atoms. The molecule has 2 rings (SSSR count). The van der Waals surface area contributed by atoms with E-state index in [1.165, 1.54) is 0 Å². The van der Waals surface area contributed by atoms with E-state index in [1.54, 1.807) is 6.07 Å². The minimum atomic E-state index is -0.695. The first-order valence-electron chi connectivity index (χ1n) is 4.12. The van der Waals surface area contributed by atoms with Gasteiger partial charge in [-0.3, -0.25) is 5.73 Å². The summed E-state index contributed by atoms with van der Waals surface area (Å²) in [5, 5.41) is 8.72. The molecule has 0 spiro atoms. The first-order valence-corrected chi connectivity index (χ1v) is 4.12. The van der Waals surface area contributed by atoms with Gasteiger partial charge in [0.05, 0.1) is 0 Å². The lowest BCUT2D eigenvalue weighted by Gasteiger charge is -2.00. The fourth-order valence-corrected chi connectivity index (χ4v) is 1.30. The molecular weight excluding hydrogens is 206 g/mol. The number of hydrogen-bond donors (Lipinski definition) is 2. The van der Waals surface area contributed by atoms with Crippen LogP contribution in [0, 0.1) is 0 Å². The van der Waals surface area contributed by atoms with Crippen molar-refractivity contribution in [3.05, 3.63) is 23.8 Å². The molecule has 0 saturated heterocycles. The molecule has 0 aromatic heterocycles. The molecule has 0 aliphatic carbocycles. The van der Waals surface area contributed by atoms with Crippen molar-refractivity contribution in [2.24, 2.45) is 5.73 Å². The molecule has 0 saturated carbocycles. The van der Waals surface area contributed by atoms with Gasteiger partial charge in [-0.15, -0.1) is 12.4 Å². The van der Waals surface area contributed by atoms with Crippen molar-refractivity contribution < 1.29 is 14.6 Å². The highest BCUT2D eigenvalue weighted by molar-refractivity contribution is 5.85. The summed E-state index contributed by atoms with van der Waals surface area (Å²) in [5.41, 5.74) is 6.43. The van der Waals surface area contributed by atoms with Crippen molar-refractivity contribution >= 4 is 12.4 Å². The molecule has 1 aromatic carbocycles. The molecule has 1 unspecified atom stereocenters. The van der Waals surface area contributed by atoms with Gasteiger partial charge >= 0.3 is 0 Å². The Morgan fingerprint density at radius 3 is 2.71 bits per heavy atom. The van der Waals surface area contributed by atoms with Gasteiger partial charge in [-0.1, -0.05) is 6.07 Å². The summed E-state index contributed by atoms with van der Waals surface area (Å²) in [6.07, 6.45) is -0.0781. The van der Waals surface area contributed by atoms with Gasteiger partial charge in [-0.05, 0) is 24.1 Å². The molecule has 0 radical (unpaired) electrons. The average molecular weight is 218 g/mol. The number of halogens is 1. The van der Waals surface area contributed by atoms with Crippen molar-refractivity contribution in [1.29, 1.82) is 0 Å². The molecule has 1 aliphatic heterocycles. The molecule has 1 atom stereocenters. The minimum Gasteiger partial charge on any atom is -0.438 e. The van der Waals surface area contributed by atoms with Crippen LogP contribution in [-0.2, 0) is 6.42 Å². The predicted octanol–water partition coefficient (Wildman–Crippen LogP) is 0.657. The second kappa shape index (κ2) is 4.50. The smallest absolute Gasteiger partial charge is 0.300 e. The third kappa shape index (κ3) is 2.09. The standard InChI is InChI=1S/C9H11NO3.ClH/c10-9-12-7-2-1-6(3-4-11)5-8(7)13-9;/h1-2,5,9,11H,3-4,10H2;1H. The molecule has 1 aliphatic rings. The van der Waals surface area contributed by atoms with E-state index in [0.29, 0.717) is 17.9 Å². The number of aliphatic hydroxyl groups excluding tert-OH is 1. The van der Waals surface area contributed by atoms with Gasteiger partial charge in [0.1, 0.15) is 0 Å². The quantitative estimate of drug-likeness (QED) is 0.764. The summed E-state index contributed by atoms with van der Waals surface area (Å²) in [5.74, 6) is 1.31. The van der Waals surface area contributed by atoms with Gasteiger partial charge < -0.3 is 14.6 Å². The maximum absolute atomic E-state index is 8.72. The highest BCUT2D eigenvalue weighted by Crippen LogP contribution is 2.34. The summed E-state index contributed by atoms with van der Waals surface area (Å²) >= 11 is 0. The molecule has 1 heterocycles. The van der Waals surface area contributed by atoms with Crippen LogP contribution >= 0.6 is 12.4 Å². The average Bonchev–Trinajstić information content (AvgIpc) is 2.44. The van der Waals surface area contributed by atoms with Gasteiger partial charge in [-0.25, -0.2) is 0 Å². The molecule has 14 heavy (non-hydrogen) atoms. The fourth-order valence-electron chi connectivity index (χ4n) is 1.30. The highest BCUT2D eigenvalue weighted by atomic mass is 35.5. The Bertz CT molecular complexity index is 319. The summed E-state index contributed by atoms with van der Waals surface area (Å²) < 4.78 is 10.3. The zero-order chi connectivity index (χ0) is 9.26. The van der Waals surface area contributed by atoms with Crippen LogP contribution in [0.2, 0.25) is 0 Å². The first-order chi connectivity index (χ1) is 6.29. The largest absolute Gasteiger partial charge is 0.438 e. The molecule has 0 fully saturated rings. The lowest BCUT2D eigenvalue weighted by molar-refractivity contribution is 0.0561. The molecule has 78 valence electrons. The molecule has 4 nitrogen and oxygen atoms in total. The first kappa shape index (κ1) is 11.1. The van der Waals surface area contributed by atoms with Gasteiger partial charge in [0.15, 0.2) is 11.5 Å². The number of benzene rings is 1. The Kier molecular flexibility index (Phi) is 3.57. The third-order valence-corrected chi connectivity index (χ3v) is 1.89. The van der Waals surface area contributed by atoms with Gasteiger partial charge in [0, 0.05) is 6.61 Å². The topological polar surface area (TPSA) is 64.7 Å². The molecule has 3 N–H and O–H groups in total. The molecule has 5 heteroatoms. The van der Waals surface area contributed by atoms with E-state index < -0.39 is 6.41 Å². The number of hydrogen-bond acceptors (Lipinski definition) is 4. The minimum absolute atomic E-state index is 0. The Labute approximate surface area is 88.0 Å². The monoisotopic (exact) mass is 217 g/mol. The lowest BCUT2D eigenvalue weighted by Crippen LogP contribution is -2.28. The molecule has 1 aromatic rings. The summed E-state index contributed by atoms with van der Waals surface area (Å²) in [6, 6.07) is 5.52. The number of ether oxygens (including phenoxy) is 2. The zero-order valence-electron chi connectivity index (χ0n) is 7.47. The van der Waals surface area contributed by atoms with Crippen LogP contribution in [0.3, 0.4) is 0 Å². The van der Waals surface area contributed by atoms with E-state index in [-0.39, 0.29) is 19.0 Å². The van der Waals surface area contributed by atoms with Crippen LogP contribution < -0.4 is 15.2 Å². The van der Waals surface area contributed by atoms with E-state index >= 15 is 0 Å². The second-order valence-electron chi connectivity index (χ2n) is 2.86. The van der Waals surface area contributed by atoms with E-state index in [0.717, 1.165) is 5.56 Å². The van der Waals surface area contributed by atoms with Crippen LogP contribution in [0.15, 0.2) is 18.2 Å². The van der Waals surface area contributed by atoms with Crippen molar-refractivity contribution in [3.63, 3.8) is 0 Å². The summed E-state index contributed by atoms with van der Waals surface area (Å²) in [7, 11) is 0. The number of rotatable bonds is 2. The fraction of sp³-hybridized carbons (Fsp3) is 0.333. The predicted molar refractivity (Wildman–Crippen MR) is 53.7 cm³/mol. The van der Waals surface area contributed by atoms with Crippen LogP contribution in [0.4, 0.5) is 0 Å². The van der Waals surface area contributed by atoms with Crippen molar-refractivity contribution in [3.8, 4) is 11.5 Å². The van der Waals surface area contributed by atoms with Crippen LogP contribution in [-0.4, -0.2) is 18.1 Å². The Morgan fingerprint density at radius 2 is 2.00 bits per heavy atom. The van der Waals surface area contributed by atoms with E-state index in [1.807, 2.05) is 12.1 Å². The van der Waals surface area contributed by atoms with E-state index in [2.05, 4.69) is 0 Å². The second-order valence-corrected chi connectivity index (χ2v) is 2.86. The maximum Gasteiger partial charge on any atom is 0.300 e. The number of aliphatic hydroxyl groups is 1. The van der Waals surface area contributed by atoms with Gasteiger partial charge in [0.25, 0.3) is 6.41 Å². The van der Waals surface area contributed by atoms with Crippen molar-refractivity contribution in [2.75, 3.05) is 6.61 Å². The summed E-state index contributed by atoms with van der Waals surface area (Å²) in [6.45, 7) is 0.131. The van der Waals surface area contributed by atoms with Crippen molar-refractivity contribution in [2.45, 2.75) is 12.8 Å². The number of fused-ring (bicyclic) bond motifs is 1. The van der Waals surface area contributed by atoms with E-state index in [4.69, 9.17) is 20.3 Å².